The van der Waals surface area contributed by atoms with Gasteiger partial charge in [0.1, 0.15) is 0 Å². The number of rotatable bonds is 1. The quantitative estimate of drug-likeness (QED) is 0.589. The maximum Gasteiger partial charge on any atom is 0.0708 e. The average Bonchev–Trinajstić information content (AvgIpc) is 3.36. The summed E-state index contributed by atoms with van der Waals surface area (Å²) in [6, 6.07) is 0. The standard InChI is InChI=1S/C26H31NO/c1-25-12-10-17(28)14-16(25)6-7-19-21-8-9-22(26(21,2)13-11-23(19)25)20-15-27-24-5-3-4-18(20)24/h3-6,9,15,17,19,21,23,28H,7-8,10-14H2,1-2H3/t17-,19-,21-,23-,25-,26-/m0/s1. The maximum atomic E-state index is 10.2. The Morgan fingerprint density at radius 3 is 2.75 bits per heavy atom. The molecule has 2 nitrogen and oxygen atoms in total. The van der Waals surface area contributed by atoms with Crippen LogP contribution in [0, 0.1) is 28.6 Å². The number of nitrogens with zero attached hydrogens (tertiary/aromatic N) is 1. The fraction of sp³-hybridized carbons (Fsp3) is 0.577. The molecule has 5 aliphatic carbocycles. The van der Waals surface area contributed by atoms with Gasteiger partial charge in [-0.05, 0) is 85.2 Å². The Labute approximate surface area is 168 Å². The Balaban J connectivity index is 1.35. The molecule has 0 aromatic carbocycles. The Morgan fingerprint density at radius 1 is 1.00 bits per heavy atom. The molecule has 0 unspecified atom stereocenters. The summed E-state index contributed by atoms with van der Waals surface area (Å²) >= 11 is 0. The summed E-state index contributed by atoms with van der Waals surface area (Å²) in [5.41, 5.74) is 7.64. The normalized spacial score (nSPS) is 45.9. The first-order valence-corrected chi connectivity index (χ1v) is 11.3. The van der Waals surface area contributed by atoms with Crippen LogP contribution in [0.2, 0.25) is 0 Å². The van der Waals surface area contributed by atoms with Crippen molar-refractivity contribution in [2.75, 3.05) is 0 Å². The lowest BCUT2D eigenvalue weighted by Crippen LogP contribution is -2.50. The van der Waals surface area contributed by atoms with Gasteiger partial charge in [-0.3, -0.25) is 4.99 Å². The van der Waals surface area contributed by atoms with Crippen molar-refractivity contribution in [3.63, 3.8) is 0 Å². The van der Waals surface area contributed by atoms with Gasteiger partial charge >= 0.3 is 0 Å². The van der Waals surface area contributed by atoms with E-state index in [1.807, 2.05) is 0 Å². The molecule has 0 aromatic heterocycles. The summed E-state index contributed by atoms with van der Waals surface area (Å²) in [5, 5.41) is 10.2. The van der Waals surface area contributed by atoms with Crippen LogP contribution in [-0.4, -0.2) is 17.4 Å². The number of hydrogen-bond donors (Lipinski definition) is 1. The minimum Gasteiger partial charge on any atom is -0.393 e. The number of allylic oxidation sites excluding steroid dienone is 7. The largest absolute Gasteiger partial charge is 0.393 e. The van der Waals surface area contributed by atoms with E-state index in [9.17, 15) is 5.11 Å². The van der Waals surface area contributed by atoms with Crippen molar-refractivity contribution in [3.05, 3.63) is 58.4 Å². The Morgan fingerprint density at radius 2 is 1.86 bits per heavy atom. The summed E-state index contributed by atoms with van der Waals surface area (Å²) in [7, 11) is 0. The minimum atomic E-state index is -0.110. The number of aliphatic imine (C=N–C) groups is 1. The van der Waals surface area contributed by atoms with Crippen LogP contribution < -0.4 is 0 Å². The lowest BCUT2D eigenvalue weighted by molar-refractivity contribution is -0.0286. The molecule has 2 fully saturated rings. The van der Waals surface area contributed by atoms with E-state index in [1.54, 1.807) is 11.1 Å². The molecule has 146 valence electrons. The summed E-state index contributed by atoms with van der Waals surface area (Å²) < 4.78 is 0. The molecule has 1 aliphatic heterocycles. The van der Waals surface area contributed by atoms with Crippen LogP contribution in [0.3, 0.4) is 0 Å². The van der Waals surface area contributed by atoms with E-state index in [4.69, 9.17) is 0 Å². The van der Waals surface area contributed by atoms with Crippen LogP contribution in [-0.2, 0) is 0 Å². The highest BCUT2D eigenvalue weighted by Crippen LogP contribution is 2.66. The smallest absolute Gasteiger partial charge is 0.0708 e. The second-order valence-corrected chi connectivity index (χ2v) is 10.5. The molecule has 0 bridgehead atoms. The van der Waals surface area contributed by atoms with Gasteiger partial charge in [0.05, 0.1) is 11.8 Å². The summed E-state index contributed by atoms with van der Waals surface area (Å²) in [5.74, 6) is 2.33. The van der Waals surface area contributed by atoms with Crippen molar-refractivity contribution in [2.45, 2.75) is 64.9 Å². The van der Waals surface area contributed by atoms with Crippen molar-refractivity contribution in [1.82, 2.24) is 0 Å². The van der Waals surface area contributed by atoms with E-state index in [0.29, 0.717) is 5.41 Å². The molecule has 6 atom stereocenters. The highest BCUT2D eigenvalue weighted by molar-refractivity contribution is 5.94. The van der Waals surface area contributed by atoms with Gasteiger partial charge in [0.25, 0.3) is 0 Å². The predicted molar refractivity (Wildman–Crippen MR) is 114 cm³/mol. The molecule has 1 N–H and O–H groups in total. The number of fused-ring (bicyclic) bond motifs is 6. The average molecular weight is 374 g/mol. The Hall–Kier alpha value is -1.67. The third-order valence-electron chi connectivity index (χ3n) is 9.36. The third kappa shape index (κ3) is 2.10. The zero-order chi connectivity index (χ0) is 19.1. The minimum absolute atomic E-state index is 0.110. The van der Waals surface area contributed by atoms with E-state index < -0.39 is 0 Å². The molecular weight excluding hydrogens is 342 g/mol. The van der Waals surface area contributed by atoms with Crippen molar-refractivity contribution in [3.8, 4) is 0 Å². The van der Waals surface area contributed by atoms with Gasteiger partial charge in [-0.1, -0.05) is 43.7 Å². The number of hydrogen-bond acceptors (Lipinski definition) is 2. The first kappa shape index (κ1) is 17.2. The first-order chi connectivity index (χ1) is 13.5. The lowest BCUT2D eigenvalue weighted by atomic mass is 9.47. The molecular formula is C26H31NO. The molecule has 2 saturated carbocycles. The molecule has 0 spiro atoms. The molecule has 6 aliphatic rings. The predicted octanol–water partition coefficient (Wildman–Crippen LogP) is 5.68. The fourth-order valence-electron chi connectivity index (χ4n) is 7.80. The summed E-state index contributed by atoms with van der Waals surface area (Å²) in [4.78, 5) is 4.67. The van der Waals surface area contributed by atoms with Gasteiger partial charge in [-0.2, -0.15) is 0 Å². The van der Waals surface area contributed by atoms with E-state index in [0.717, 1.165) is 36.3 Å². The van der Waals surface area contributed by atoms with Gasteiger partial charge in [-0.15, -0.1) is 0 Å². The van der Waals surface area contributed by atoms with Gasteiger partial charge in [0, 0.05) is 17.4 Å². The summed E-state index contributed by atoms with van der Waals surface area (Å²) in [6.07, 6.45) is 21.8. The SMILES string of the molecule is C[C@]12CC[C@H](O)CC1=CC[C@@H]1[C@@H]2CC[C@]2(C)C(C3=C4C=CC=C4N=C3)=CC[C@@H]12. The van der Waals surface area contributed by atoms with Crippen molar-refractivity contribution < 1.29 is 5.11 Å². The molecule has 2 heteroatoms. The first-order valence-electron chi connectivity index (χ1n) is 11.3. The molecule has 0 amide bonds. The van der Waals surface area contributed by atoms with Gasteiger partial charge < -0.3 is 5.11 Å². The van der Waals surface area contributed by atoms with Crippen molar-refractivity contribution in [2.24, 2.45) is 33.6 Å². The molecule has 28 heavy (non-hydrogen) atoms. The third-order valence-corrected chi connectivity index (χ3v) is 9.36. The van der Waals surface area contributed by atoms with Crippen LogP contribution in [0.1, 0.15) is 58.8 Å². The maximum absolute atomic E-state index is 10.2. The lowest BCUT2D eigenvalue weighted by Gasteiger charge is -2.57. The van der Waals surface area contributed by atoms with Crippen LogP contribution in [0.5, 0.6) is 0 Å². The highest BCUT2D eigenvalue weighted by Gasteiger charge is 2.57. The molecule has 6 rings (SSSR count). The van der Waals surface area contributed by atoms with Crippen LogP contribution >= 0.6 is 0 Å². The zero-order valence-electron chi connectivity index (χ0n) is 17.1. The van der Waals surface area contributed by atoms with E-state index in [-0.39, 0.29) is 11.5 Å². The van der Waals surface area contributed by atoms with E-state index in [1.165, 1.54) is 43.3 Å². The van der Waals surface area contributed by atoms with Gasteiger partial charge in [0.2, 0.25) is 0 Å². The van der Waals surface area contributed by atoms with Crippen LogP contribution in [0.25, 0.3) is 0 Å². The van der Waals surface area contributed by atoms with Gasteiger partial charge in [0.15, 0.2) is 0 Å². The van der Waals surface area contributed by atoms with Crippen molar-refractivity contribution >= 4 is 6.21 Å². The monoisotopic (exact) mass is 373 g/mol. The highest BCUT2D eigenvalue weighted by atomic mass is 16.3. The second-order valence-electron chi connectivity index (χ2n) is 10.5. The van der Waals surface area contributed by atoms with Crippen LogP contribution in [0.15, 0.2) is 63.4 Å². The van der Waals surface area contributed by atoms with E-state index in [2.05, 4.69) is 55.4 Å². The number of aliphatic hydroxyl groups excluding tert-OH is 1. The Kier molecular flexibility index (Phi) is 3.50. The topological polar surface area (TPSA) is 32.6 Å². The fourth-order valence-corrected chi connectivity index (χ4v) is 7.80. The molecule has 0 aromatic rings. The number of aliphatic hydroxyl groups is 1. The Bertz CT molecular complexity index is 928. The molecule has 0 radical (unpaired) electrons. The van der Waals surface area contributed by atoms with Crippen LogP contribution in [0.4, 0.5) is 0 Å². The van der Waals surface area contributed by atoms with Crippen molar-refractivity contribution in [1.29, 1.82) is 0 Å². The molecule has 1 heterocycles. The zero-order valence-corrected chi connectivity index (χ0v) is 17.1. The summed E-state index contributed by atoms with van der Waals surface area (Å²) in [6.45, 7) is 5.06. The van der Waals surface area contributed by atoms with E-state index >= 15 is 0 Å². The second kappa shape index (κ2) is 5.69. The molecule has 0 saturated heterocycles. The van der Waals surface area contributed by atoms with Gasteiger partial charge in [-0.25, -0.2) is 0 Å².